The predicted molar refractivity (Wildman–Crippen MR) is 101 cm³/mol. The lowest BCUT2D eigenvalue weighted by atomic mass is 10.0. The van der Waals surface area contributed by atoms with E-state index in [2.05, 4.69) is 72.6 Å². The monoisotopic (exact) mass is 324 g/mol. The van der Waals surface area contributed by atoms with E-state index in [1.165, 1.54) is 11.1 Å². The summed E-state index contributed by atoms with van der Waals surface area (Å²) in [5.74, 6) is 0.981. The van der Waals surface area contributed by atoms with Crippen LogP contribution in [0.2, 0.25) is 0 Å². The molecule has 1 unspecified atom stereocenters. The van der Waals surface area contributed by atoms with Crippen molar-refractivity contribution in [1.29, 1.82) is 0 Å². The van der Waals surface area contributed by atoms with E-state index in [1.807, 2.05) is 0 Å². The lowest BCUT2D eigenvalue weighted by Gasteiger charge is -2.30. The van der Waals surface area contributed by atoms with Crippen LogP contribution in [0.25, 0.3) is 0 Å². The van der Waals surface area contributed by atoms with Crippen LogP contribution in [0, 0.1) is 0 Å². The van der Waals surface area contributed by atoms with E-state index in [4.69, 9.17) is 4.74 Å². The van der Waals surface area contributed by atoms with Crippen LogP contribution >= 0.6 is 0 Å². The molecule has 1 heterocycles. The molecule has 1 aliphatic rings. The van der Waals surface area contributed by atoms with Crippen LogP contribution < -0.4 is 10.1 Å². The molecular weight excluding hydrogens is 296 g/mol. The summed E-state index contributed by atoms with van der Waals surface area (Å²) in [6, 6.07) is 17.9. The van der Waals surface area contributed by atoms with Gasteiger partial charge < -0.3 is 10.1 Å². The minimum Gasteiger partial charge on any atom is -0.490 e. The Bertz CT molecular complexity index is 642. The Balaban J connectivity index is 1.70. The minimum absolute atomic E-state index is 0.553. The summed E-state index contributed by atoms with van der Waals surface area (Å²) in [4.78, 5) is 2.58. The van der Waals surface area contributed by atoms with Crippen molar-refractivity contribution in [2.45, 2.75) is 39.3 Å². The highest BCUT2D eigenvalue weighted by molar-refractivity contribution is 5.59. The third kappa shape index (κ3) is 4.09. The average Bonchev–Trinajstić information content (AvgIpc) is 2.65. The number of nitrogens with zero attached hydrogens (tertiary/aromatic N) is 1. The van der Waals surface area contributed by atoms with Crippen molar-refractivity contribution in [2.24, 2.45) is 0 Å². The van der Waals surface area contributed by atoms with E-state index >= 15 is 0 Å². The maximum Gasteiger partial charge on any atom is 0.142 e. The van der Waals surface area contributed by atoms with Gasteiger partial charge >= 0.3 is 0 Å². The van der Waals surface area contributed by atoms with Gasteiger partial charge in [0.2, 0.25) is 0 Å². The van der Waals surface area contributed by atoms with Crippen LogP contribution in [0.15, 0.2) is 48.5 Å². The first-order valence-electron chi connectivity index (χ1n) is 9.07. The normalized spacial score (nSPS) is 14.6. The van der Waals surface area contributed by atoms with Gasteiger partial charge in [0, 0.05) is 19.1 Å². The van der Waals surface area contributed by atoms with E-state index in [9.17, 15) is 0 Å². The SMILES string of the molecule is CCC(Cc1ccc2c(c1)NCCO2)N(CC)Cc1ccccc1. The number of fused-ring (bicyclic) bond motifs is 1. The zero-order valence-electron chi connectivity index (χ0n) is 14.8. The molecule has 3 nitrogen and oxygen atoms in total. The second kappa shape index (κ2) is 8.20. The molecule has 3 heteroatoms. The number of hydrogen-bond donors (Lipinski definition) is 1. The maximum absolute atomic E-state index is 5.68. The Morgan fingerprint density at radius 2 is 1.92 bits per heavy atom. The molecule has 0 amide bonds. The standard InChI is InChI=1S/C21H28N2O/c1-3-19(23(4-2)16-17-8-6-5-7-9-17)14-18-10-11-21-20(15-18)22-12-13-24-21/h5-11,15,19,22H,3-4,12-14,16H2,1-2H3. The van der Waals surface area contributed by atoms with Crippen LogP contribution in [0.3, 0.4) is 0 Å². The number of anilines is 1. The van der Waals surface area contributed by atoms with Crippen molar-refractivity contribution in [1.82, 2.24) is 4.90 Å². The summed E-state index contributed by atoms with van der Waals surface area (Å²) < 4.78 is 5.68. The molecule has 0 aromatic heterocycles. The van der Waals surface area contributed by atoms with Crippen molar-refractivity contribution in [2.75, 3.05) is 25.0 Å². The number of likely N-dealkylation sites (N-methyl/N-ethyl adjacent to an activating group) is 1. The van der Waals surface area contributed by atoms with Gasteiger partial charge in [0.25, 0.3) is 0 Å². The molecule has 0 saturated carbocycles. The summed E-state index contributed by atoms with van der Waals surface area (Å²) in [5.41, 5.74) is 3.91. The van der Waals surface area contributed by atoms with Crippen LogP contribution in [0.1, 0.15) is 31.4 Å². The molecule has 3 rings (SSSR count). The summed E-state index contributed by atoms with van der Waals surface area (Å²) in [7, 11) is 0. The average molecular weight is 324 g/mol. The molecule has 1 aliphatic heterocycles. The van der Waals surface area contributed by atoms with Gasteiger partial charge in [-0.2, -0.15) is 0 Å². The first kappa shape index (κ1) is 16.8. The lowest BCUT2D eigenvalue weighted by Crippen LogP contribution is -2.36. The van der Waals surface area contributed by atoms with Crippen LogP contribution in [-0.4, -0.2) is 30.6 Å². The number of hydrogen-bond acceptors (Lipinski definition) is 3. The molecule has 0 saturated heterocycles. The molecule has 2 aromatic rings. The largest absolute Gasteiger partial charge is 0.490 e. The molecule has 0 bridgehead atoms. The summed E-state index contributed by atoms with van der Waals surface area (Å²) in [6.07, 6.45) is 2.23. The molecule has 2 aromatic carbocycles. The van der Waals surface area contributed by atoms with E-state index in [0.29, 0.717) is 6.04 Å². The zero-order valence-corrected chi connectivity index (χ0v) is 14.8. The maximum atomic E-state index is 5.68. The fourth-order valence-electron chi connectivity index (χ4n) is 3.44. The van der Waals surface area contributed by atoms with Gasteiger partial charge in [-0.25, -0.2) is 0 Å². The molecule has 0 fully saturated rings. The third-order valence-electron chi connectivity index (χ3n) is 4.81. The van der Waals surface area contributed by atoms with Crippen molar-refractivity contribution in [3.8, 4) is 5.75 Å². The quantitative estimate of drug-likeness (QED) is 0.820. The van der Waals surface area contributed by atoms with Crippen LogP contribution in [-0.2, 0) is 13.0 Å². The van der Waals surface area contributed by atoms with Crippen molar-refractivity contribution in [3.05, 3.63) is 59.7 Å². The lowest BCUT2D eigenvalue weighted by molar-refractivity contribution is 0.190. The van der Waals surface area contributed by atoms with Gasteiger partial charge in [0.15, 0.2) is 0 Å². The predicted octanol–water partition coefficient (Wildman–Crippen LogP) is 4.33. The number of benzene rings is 2. The van der Waals surface area contributed by atoms with Crippen molar-refractivity contribution >= 4 is 5.69 Å². The highest BCUT2D eigenvalue weighted by Crippen LogP contribution is 2.29. The summed E-state index contributed by atoms with van der Waals surface area (Å²) >= 11 is 0. The van der Waals surface area contributed by atoms with Gasteiger partial charge in [-0.3, -0.25) is 4.90 Å². The van der Waals surface area contributed by atoms with Gasteiger partial charge in [0.1, 0.15) is 12.4 Å². The third-order valence-corrected chi connectivity index (χ3v) is 4.81. The van der Waals surface area contributed by atoms with Gasteiger partial charge in [-0.05, 0) is 42.6 Å². The van der Waals surface area contributed by atoms with E-state index in [-0.39, 0.29) is 0 Å². The second-order valence-electron chi connectivity index (χ2n) is 6.42. The van der Waals surface area contributed by atoms with Gasteiger partial charge in [0.05, 0.1) is 5.69 Å². The molecule has 1 atom stereocenters. The highest BCUT2D eigenvalue weighted by Gasteiger charge is 2.18. The van der Waals surface area contributed by atoms with Crippen LogP contribution in [0.5, 0.6) is 5.75 Å². The zero-order chi connectivity index (χ0) is 16.8. The summed E-state index contributed by atoms with van der Waals surface area (Å²) in [5, 5.41) is 3.44. The fourth-order valence-corrected chi connectivity index (χ4v) is 3.44. The summed E-state index contributed by atoms with van der Waals surface area (Å²) in [6.45, 7) is 8.28. The van der Waals surface area contributed by atoms with Crippen molar-refractivity contribution < 1.29 is 4.74 Å². The number of rotatable bonds is 7. The Morgan fingerprint density at radius 3 is 2.67 bits per heavy atom. The molecule has 0 radical (unpaired) electrons. The minimum atomic E-state index is 0.553. The topological polar surface area (TPSA) is 24.5 Å². The fraction of sp³-hybridized carbons (Fsp3) is 0.429. The molecule has 128 valence electrons. The van der Waals surface area contributed by atoms with E-state index < -0.39 is 0 Å². The number of ether oxygens (including phenoxy) is 1. The smallest absolute Gasteiger partial charge is 0.142 e. The van der Waals surface area contributed by atoms with Gasteiger partial charge in [-0.1, -0.05) is 50.2 Å². The molecule has 1 N–H and O–H groups in total. The van der Waals surface area contributed by atoms with Gasteiger partial charge in [-0.15, -0.1) is 0 Å². The molecule has 24 heavy (non-hydrogen) atoms. The molecular formula is C21H28N2O. The second-order valence-corrected chi connectivity index (χ2v) is 6.42. The Hall–Kier alpha value is -2.00. The Kier molecular flexibility index (Phi) is 5.76. The highest BCUT2D eigenvalue weighted by atomic mass is 16.5. The molecule has 0 spiro atoms. The first-order valence-corrected chi connectivity index (χ1v) is 9.07. The first-order chi connectivity index (χ1) is 11.8. The molecule has 0 aliphatic carbocycles. The van der Waals surface area contributed by atoms with Crippen molar-refractivity contribution in [3.63, 3.8) is 0 Å². The Morgan fingerprint density at radius 1 is 1.08 bits per heavy atom. The number of nitrogens with one attached hydrogen (secondary N) is 1. The van der Waals surface area contributed by atoms with Crippen LogP contribution in [0.4, 0.5) is 5.69 Å². The Labute approximate surface area is 145 Å². The van der Waals surface area contributed by atoms with E-state index in [1.54, 1.807) is 0 Å². The van der Waals surface area contributed by atoms with E-state index in [0.717, 1.165) is 50.5 Å².